The first-order valence-corrected chi connectivity index (χ1v) is 12.1. The van der Waals surface area contributed by atoms with Gasteiger partial charge in [-0.05, 0) is 73.6 Å². The van der Waals surface area contributed by atoms with Crippen LogP contribution in [-0.2, 0) is 27.2 Å². The van der Waals surface area contributed by atoms with Crippen LogP contribution in [0, 0.1) is 17.8 Å². The maximum atomic E-state index is 13.3. The molecule has 0 saturated carbocycles. The SMILES string of the molecule is C=CC1=C(c2c(CC)cc(C)cc2CC)C(=O)CC2(CCOCC2)C1.CC(=O)C(C)(C)C. The first-order valence-electron chi connectivity index (χ1n) is 12.1. The summed E-state index contributed by atoms with van der Waals surface area (Å²) in [4.78, 5) is 23.8. The van der Waals surface area contributed by atoms with E-state index in [4.69, 9.17) is 4.74 Å². The van der Waals surface area contributed by atoms with E-state index < -0.39 is 0 Å². The van der Waals surface area contributed by atoms with Gasteiger partial charge in [0, 0.05) is 30.6 Å². The second kappa shape index (κ2) is 10.7. The van der Waals surface area contributed by atoms with Crippen LogP contribution in [0.5, 0.6) is 0 Å². The molecule has 1 aliphatic carbocycles. The Morgan fingerprint density at radius 1 is 1.09 bits per heavy atom. The fourth-order valence-electron chi connectivity index (χ4n) is 4.62. The lowest BCUT2D eigenvalue weighted by molar-refractivity contribution is -0.124. The van der Waals surface area contributed by atoms with Crippen molar-refractivity contribution in [2.24, 2.45) is 10.8 Å². The van der Waals surface area contributed by atoms with Crippen molar-refractivity contribution in [1.29, 1.82) is 0 Å². The number of ether oxygens (including phenoxy) is 1. The average Bonchev–Trinajstić information content (AvgIpc) is 2.73. The molecule has 176 valence electrons. The van der Waals surface area contributed by atoms with E-state index in [0.717, 1.165) is 56.5 Å². The van der Waals surface area contributed by atoms with Gasteiger partial charge in [0.1, 0.15) is 5.78 Å². The summed E-state index contributed by atoms with van der Waals surface area (Å²) in [5.41, 5.74) is 7.10. The molecule has 0 N–H and O–H groups in total. The Labute approximate surface area is 195 Å². The molecule has 1 heterocycles. The second-order valence-corrected chi connectivity index (χ2v) is 10.5. The van der Waals surface area contributed by atoms with E-state index >= 15 is 0 Å². The van der Waals surface area contributed by atoms with Gasteiger partial charge in [-0.3, -0.25) is 9.59 Å². The van der Waals surface area contributed by atoms with Gasteiger partial charge in [0.15, 0.2) is 5.78 Å². The van der Waals surface area contributed by atoms with Crippen LogP contribution in [0.15, 0.2) is 30.4 Å². The lowest BCUT2D eigenvalue weighted by Gasteiger charge is -2.41. The minimum Gasteiger partial charge on any atom is -0.381 e. The van der Waals surface area contributed by atoms with Crippen molar-refractivity contribution in [2.75, 3.05) is 13.2 Å². The maximum absolute atomic E-state index is 13.3. The lowest BCUT2D eigenvalue weighted by atomic mass is 9.65. The Morgan fingerprint density at radius 3 is 2.00 bits per heavy atom. The summed E-state index contributed by atoms with van der Waals surface area (Å²) in [6.45, 7) is 19.5. The Balaban J connectivity index is 0.000000451. The van der Waals surface area contributed by atoms with Crippen molar-refractivity contribution in [3.63, 3.8) is 0 Å². The standard InChI is InChI=1S/C23H30O2.C6H12O/c1-5-17-12-16(4)13-18(6-2)21(17)22-19(7-3)14-23(15-20(22)24)8-10-25-11-9-23;1-5(7)6(2,3)4/h7,12-13H,3,5-6,8-11,14-15H2,1-2,4H3;1-4H3. The smallest absolute Gasteiger partial charge is 0.164 e. The fourth-order valence-corrected chi connectivity index (χ4v) is 4.62. The van der Waals surface area contributed by atoms with E-state index in [-0.39, 0.29) is 16.6 Å². The van der Waals surface area contributed by atoms with E-state index in [1.54, 1.807) is 6.92 Å². The number of carbonyl (C=O) groups is 2. The van der Waals surface area contributed by atoms with Crippen LogP contribution in [0.4, 0.5) is 0 Å². The number of allylic oxidation sites excluding steroid dienone is 3. The van der Waals surface area contributed by atoms with E-state index in [1.807, 2.05) is 26.8 Å². The fraction of sp³-hybridized carbons (Fsp3) is 0.586. The summed E-state index contributed by atoms with van der Waals surface area (Å²) in [5.74, 6) is 0.545. The summed E-state index contributed by atoms with van der Waals surface area (Å²) in [5, 5.41) is 0. The van der Waals surface area contributed by atoms with Crippen molar-refractivity contribution >= 4 is 17.1 Å². The largest absolute Gasteiger partial charge is 0.381 e. The summed E-state index contributed by atoms with van der Waals surface area (Å²) >= 11 is 0. The Bertz CT molecular complexity index is 864. The van der Waals surface area contributed by atoms with Crippen molar-refractivity contribution in [3.05, 3.63) is 52.6 Å². The van der Waals surface area contributed by atoms with Crippen molar-refractivity contribution in [3.8, 4) is 0 Å². The Hall–Kier alpha value is -2.00. The molecule has 1 fully saturated rings. The molecule has 1 aromatic carbocycles. The minimum atomic E-state index is -0.139. The maximum Gasteiger partial charge on any atom is 0.164 e. The molecule has 1 aromatic rings. The predicted molar refractivity (Wildman–Crippen MR) is 134 cm³/mol. The van der Waals surface area contributed by atoms with Gasteiger partial charge in [-0.2, -0.15) is 0 Å². The molecule has 0 aromatic heterocycles. The number of ketones is 2. The quantitative estimate of drug-likeness (QED) is 0.517. The number of benzene rings is 1. The highest BCUT2D eigenvalue weighted by Gasteiger charge is 2.41. The lowest BCUT2D eigenvalue weighted by Crippen LogP contribution is -2.36. The van der Waals surface area contributed by atoms with Crippen LogP contribution in [-0.4, -0.2) is 24.8 Å². The number of Topliss-reactive ketones (excluding diaryl/α,β-unsaturated/α-hetero) is 2. The number of carbonyl (C=O) groups excluding carboxylic acids is 2. The van der Waals surface area contributed by atoms with Crippen LogP contribution in [0.25, 0.3) is 5.57 Å². The first kappa shape index (κ1) is 26.3. The first-order chi connectivity index (χ1) is 15.0. The highest BCUT2D eigenvalue weighted by Crippen LogP contribution is 2.48. The van der Waals surface area contributed by atoms with Gasteiger partial charge in [-0.25, -0.2) is 0 Å². The van der Waals surface area contributed by atoms with E-state index in [1.165, 1.54) is 22.3 Å². The summed E-state index contributed by atoms with van der Waals surface area (Å²) in [7, 11) is 0. The monoisotopic (exact) mass is 438 g/mol. The third kappa shape index (κ3) is 6.07. The Kier molecular flexibility index (Phi) is 8.82. The minimum absolute atomic E-state index is 0.0891. The van der Waals surface area contributed by atoms with Crippen molar-refractivity contribution < 1.29 is 14.3 Å². The highest BCUT2D eigenvalue weighted by molar-refractivity contribution is 6.23. The molecular formula is C29H42O3. The van der Waals surface area contributed by atoms with Crippen LogP contribution >= 0.6 is 0 Å². The highest BCUT2D eigenvalue weighted by atomic mass is 16.5. The zero-order valence-electron chi connectivity index (χ0n) is 21.3. The summed E-state index contributed by atoms with van der Waals surface area (Å²) < 4.78 is 5.55. The van der Waals surface area contributed by atoms with Crippen LogP contribution in [0.2, 0.25) is 0 Å². The molecule has 3 heteroatoms. The zero-order valence-corrected chi connectivity index (χ0v) is 21.3. The van der Waals surface area contributed by atoms with Crippen molar-refractivity contribution in [2.45, 2.75) is 87.0 Å². The van der Waals surface area contributed by atoms with Gasteiger partial charge in [0.25, 0.3) is 0 Å². The van der Waals surface area contributed by atoms with Gasteiger partial charge < -0.3 is 4.74 Å². The van der Waals surface area contributed by atoms with Gasteiger partial charge in [-0.1, -0.05) is 65.0 Å². The molecule has 0 amide bonds. The molecule has 0 unspecified atom stereocenters. The molecule has 3 rings (SSSR count). The molecule has 2 aliphatic rings. The van der Waals surface area contributed by atoms with Crippen LogP contribution in [0.1, 0.15) is 89.5 Å². The summed E-state index contributed by atoms with van der Waals surface area (Å²) in [6, 6.07) is 4.49. The zero-order chi connectivity index (χ0) is 24.1. The molecule has 0 atom stereocenters. The van der Waals surface area contributed by atoms with Crippen LogP contribution < -0.4 is 0 Å². The normalized spacial score (nSPS) is 18.3. The molecule has 0 bridgehead atoms. The van der Waals surface area contributed by atoms with E-state index in [2.05, 4.69) is 39.5 Å². The van der Waals surface area contributed by atoms with Crippen molar-refractivity contribution in [1.82, 2.24) is 0 Å². The predicted octanol–water partition coefficient (Wildman–Crippen LogP) is 6.84. The molecule has 1 aliphatic heterocycles. The Morgan fingerprint density at radius 2 is 1.59 bits per heavy atom. The van der Waals surface area contributed by atoms with E-state index in [0.29, 0.717) is 12.2 Å². The summed E-state index contributed by atoms with van der Waals surface area (Å²) in [6.07, 6.45) is 7.41. The third-order valence-corrected chi connectivity index (χ3v) is 7.01. The molecule has 0 radical (unpaired) electrons. The van der Waals surface area contributed by atoms with Gasteiger partial charge >= 0.3 is 0 Å². The van der Waals surface area contributed by atoms with Gasteiger partial charge in [0.2, 0.25) is 0 Å². The number of aryl methyl sites for hydroxylation is 3. The van der Waals surface area contributed by atoms with Gasteiger partial charge in [0.05, 0.1) is 0 Å². The molecule has 32 heavy (non-hydrogen) atoms. The molecule has 1 spiro atoms. The second-order valence-electron chi connectivity index (χ2n) is 10.5. The molecule has 3 nitrogen and oxygen atoms in total. The molecule has 1 saturated heterocycles. The number of hydrogen-bond donors (Lipinski definition) is 0. The third-order valence-electron chi connectivity index (χ3n) is 7.01. The van der Waals surface area contributed by atoms with Crippen LogP contribution in [0.3, 0.4) is 0 Å². The van der Waals surface area contributed by atoms with E-state index in [9.17, 15) is 9.59 Å². The number of rotatable bonds is 4. The molecular weight excluding hydrogens is 396 g/mol. The van der Waals surface area contributed by atoms with Gasteiger partial charge in [-0.15, -0.1) is 0 Å². The average molecular weight is 439 g/mol. The topological polar surface area (TPSA) is 43.4 Å². The number of hydrogen-bond acceptors (Lipinski definition) is 3.